The Labute approximate surface area is 114 Å². The van der Waals surface area contributed by atoms with Crippen LogP contribution in [0.15, 0.2) is 36.7 Å². The van der Waals surface area contributed by atoms with Crippen LogP contribution in [-0.2, 0) is 0 Å². The molecule has 17 heavy (non-hydrogen) atoms. The van der Waals surface area contributed by atoms with Crippen LogP contribution in [0.5, 0.6) is 0 Å². The third kappa shape index (κ3) is 2.72. The highest BCUT2D eigenvalue weighted by atomic mass is 35.5. The maximum atomic E-state index is 10.2. The van der Waals surface area contributed by atoms with Gasteiger partial charge >= 0.3 is 0 Å². The minimum Gasteiger partial charge on any atom is -0.384 e. The Balaban J connectivity index is 2.40. The van der Waals surface area contributed by atoms with E-state index in [2.05, 4.69) is 4.98 Å². The van der Waals surface area contributed by atoms with Gasteiger partial charge in [-0.2, -0.15) is 0 Å². The fraction of sp³-hybridized carbons (Fsp3) is 0.0833. The standard InChI is InChI=1S/C12H8Cl3NO/c13-9-2-1-7(5-10(9)14)12(17)8-3-4-16-6-11(8)15/h1-6,12,17H. The van der Waals surface area contributed by atoms with Crippen LogP contribution in [0.1, 0.15) is 17.2 Å². The third-order valence-corrected chi connectivity index (χ3v) is 3.41. The predicted octanol–water partition coefficient (Wildman–Crippen LogP) is 4.12. The van der Waals surface area contributed by atoms with E-state index >= 15 is 0 Å². The van der Waals surface area contributed by atoms with Crippen molar-refractivity contribution in [3.05, 3.63) is 62.9 Å². The number of aromatic nitrogens is 1. The van der Waals surface area contributed by atoms with Gasteiger partial charge in [-0.05, 0) is 23.8 Å². The van der Waals surface area contributed by atoms with Gasteiger partial charge in [0.2, 0.25) is 0 Å². The van der Waals surface area contributed by atoms with Gasteiger partial charge < -0.3 is 5.11 Å². The summed E-state index contributed by atoms with van der Waals surface area (Å²) in [4.78, 5) is 3.86. The SMILES string of the molecule is OC(c1ccc(Cl)c(Cl)c1)c1ccncc1Cl. The first-order valence-corrected chi connectivity index (χ1v) is 5.95. The number of hydrogen-bond donors (Lipinski definition) is 1. The van der Waals surface area contributed by atoms with Crippen LogP contribution in [0.25, 0.3) is 0 Å². The molecule has 1 N–H and O–H groups in total. The highest BCUT2D eigenvalue weighted by Gasteiger charge is 2.14. The Kier molecular flexibility index (Phi) is 3.89. The van der Waals surface area contributed by atoms with Gasteiger partial charge in [0.05, 0.1) is 15.1 Å². The lowest BCUT2D eigenvalue weighted by atomic mass is 10.0. The molecule has 0 fully saturated rings. The highest BCUT2D eigenvalue weighted by molar-refractivity contribution is 6.42. The van der Waals surface area contributed by atoms with Gasteiger partial charge in [-0.1, -0.05) is 40.9 Å². The number of nitrogens with zero attached hydrogens (tertiary/aromatic N) is 1. The molecule has 0 bridgehead atoms. The smallest absolute Gasteiger partial charge is 0.106 e. The van der Waals surface area contributed by atoms with Crippen LogP contribution in [0.4, 0.5) is 0 Å². The van der Waals surface area contributed by atoms with E-state index < -0.39 is 6.10 Å². The molecule has 1 aromatic heterocycles. The molecule has 0 radical (unpaired) electrons. The molecule has 2 rings (SSSR count). The van der Waals surface area contributed by atoms with E-state index in [-0.39, 0.29) is 0 Å². The van der Waals surface area contributed by atoms with E-state index in [9.17, 15) is 5.11 Å². The molecule has 1 atom stereocenters. The van der Waals surface area contributed by atoms with Gasteiger partial charge in [0, 0.05) is 18.0 Å². The Hall–Kier alpha value is -0.800. The Morgan fingerprint density at radius 3 is 2.41 bits per heavy atom. The molecule has 2 nitrogen and oxygen atoms in total. The lowest BCUT2D eigenvalue weighted by molar-refractivity contribution is 0.220. The largest absolute Gasteiger partial charge is 0.384 e. The predicted molar refractivity (Wildman–Crippen MR) is 69.8 cm³/mol. The second-order valence-corrected chi connectivity index (χ2v) is 4.69. The van der Waals surface area contributed by atoms with Crippen molar-refractivity contribution in [1.82, 2.24) is 4.98 Å². The quantitative estimate of drug-likeness (QED) is 0.901. The molecule has 88 valence electrons. The summed E-state index contributed by atoms with van der Waals surface area (Å²) < 4.78 is 0. The minimum absolute atomic E-state index is 0.397. The molecular formula is C12H8Cl3NO. The maximum absolute atomic E-state index is 10.2. The van der Waals surface area contributed by atoms with E-state index in [1.807, 2.05) is 0 Å². The fourth-order valence-electron chi connectivity index (χ4n) is 1.47. The zero-order valence-corrected chi connectivity index (χ0v) is 10.8. The average molecular weight is 289 g/mol. The molecule has 0 aliphatic carbocycles. The summed E-state index contributed by atoms with van der Waals surface area (Å²) in [6, 6.07) is 6.62. The van der Waals surface area contributed by atoms with Crippen LogP contribution in [0.2, 0.25) is 15.1 Å². The van der Waals surface area contributed by atoms with Crippen LogP contribution >= 0.6 is 34.8 Å². The van der Waals surface area contributed by atoms with Crippen molar-refractivity contribution in [3.63, 3.8) is 0 Å². The zero-order valence-electron chi connectivity index (χ0n) is 8.57. The normalized spacial score (nSPS) is 12.5. The van der Waals surface area contributed by atoms with Gasteiger partial charge in [0.15, 0.2) is 0 Å². The lowest BCUT2D eigenvalue weighted by Crippen LogP contribution is -2.00. The Bertz CT molecular complexity index is 545. The monoisotopic (exact) mass is 287 g/mol. The minimum atomic E-state index is -0.847. The molecule has 5 heteroatoms. The van der Waals surface area contributed by atoms with E-state index in [1.54, 1.807) is 30.5 Å². The van der Waals surface area contributed by atoms with Gasteiger partial charge in [0.1, 0.15) is 6.10 Å². The molecule has 0 aliphatic rings. The van der Waals surface area contributed by atoms with Crippen molar-refractivity contribution in [2.24, 2.45) is 0 Å². The van der Waals surface area contributed by atoms with Crippen molar-refractivity contribution < 1.29 is 5.11 Å². The van der Waals surface area contributed by atoms with Crippen molar-refractivity contribution in [1.29, 1.82) is 0 Å². The molecule has 1 unspecified atom stereocenters. The molecule has 1 heterocycles. The summed E-state index contributed by atoms with van der Waals surface area (Å²) in [5, 5.41) is 11.4. The summed E-state index contributed by atoms with van der Waals surface area (Å²) in [7, 11) is 0. The van der Waals surface area contributed by atoms with E-state index in [4.69, 9.17) is 34.8 Å². The summed E-state index contributed by atoms with van der Waals surface area (Å²) in [5.41, 5.74) is 1.22. The van der Waals surface area contributed by atoms with E-state index in [0.717, 1.165) is 0 Å². The molecule has 0 saturated carbocycles. The first-order chi connectivity index (χ1) is 8.09. The van der Waals surface area contributed by atoms with E-state index in [0.29, 0.717) is 26.2 Å². The number of benzene rings is 1. The lowest BCUT2D eigenvalue weighted by Gasteiger charge is -2.13. The molecular weight excluding hydrogens is 280 g/mol. The fourth-order valence-corrected chi connectivity index (χ4v) is 2.00. The van der Waals surface area contributed by atoms with Crippen molar-refractivity contribution in [2.75, 3.05) is 0 Å². The topological polar surface area (TPSA) is 33.1 Å². The number of halogens is 3. The second-order valence-electron chi connectivity index (χ2n) is 3.47. The summed E-state index contributed by atoms with van der Waals surface area (Å²) >= 11 is 17.7. The average Bonchev–Trinajstić information content (AvgIpc) is 2.32. The van der Waals surface area contributed by atoms with Crippen molar-refractivity contribution >= 4 is 34.8 Å². The molecule has 1 aromatic carbocycles. The van der Waals surface area contributed by atoms with Crippen LogP contribution in [0, 0.1) is 0 Å². The van der Waals surface area contributed by atoms with Gasteiger partial charge in [-0.25, -0.2) is 0 Å². The molecule has 0 aliphatic heterocycles. The van der Waals surface area contributed by atoms with Gasteiger partial charge in [-0.15, -0.1) is 0 Å². The van der Waals surface area contributed by atoms with Crippen molar-refractivity contribution in [2.45, 2.75) is 6.10 Å². The molecule has 0 saturated heterocycles. The molecule has 0 amide bonds. The maximum Gasteiger partial charge on any atom is 0.106 e. The Morgan fingerprint density at radius 1 is 1.00 bits per heavy atom. The Morgan fingerprint density at radius 2 is 1.76 bits per heavy atom. The second kappa shape index (κ2) is 5.23. The summed E-state index contributed by atoms with van der Waals surface area (Å²) in [6.07, 6.45) is 2.21. The van der Waals surface area contributed by atoms with Gasteiger partial charge in [0.25, 0.3) is 0 Å². The van der Waals surface area contributed by atoms with Crippen molar-refractivity contribution in [3.8, 4) is 0 Å². The number of aliphatic hydroxyl groups excluding tert-OH is 1. The first-order valence-electron chi connectivity index (χ1n) is 4.82. The summed E-state index contributed by atoms with van der Waals surface area (Å²) in [6.45, 7) is 0. The van der Waals surface area contributed by atoms with Crippen LogP contribution < -0.4 is 0 Å². The van der Waals surface area contributed by atoms with Crippen LogP contribution in [-0.4, -0.2) is 10.1 Å². The first kappa shape index (κ1) is 12.7. The number of aliphatic hydroxyl groups is 1. The summed E-state index contributed by atoms with van der Waals surface area (Å²) in [5.74, 6) is 0. The third-order valence-electron chi connectivity index (χ3n) is 2.36. The number of pyridine rings is 1. The van der Waals surface area contributed by atoms with Crippen LogP contribution in [0.3, 0.4) is 0 Å². The number of rotatable bonds is 2. The molecule has 2 aromatic rings. The van der Waals surface area contributed by atoms with Gasteiger partial charge in [-0.3, -0.25) is 4.98 Å². The zero-order chi connectivity index (χ0) is 12.4. The number of hydrogen-bond acceptors (Lipinski definition) is 2. The highest BCUT2D eigenvalue weighted by Crippen LogP contribution is 2.31. The molecule has 0 spiro atoms. The van der Waals surface area contributed by atoms with E-state index in [1.165, 1.54) is 6.20 Å².